The molecule has 1 unspecified atom stereocenters. The number of hydrogen-bond donors (Lipinski definition) is 6. The fraction of sp³-hybridized carbons (Fsp3) is 0.293. The number of aryl methyl sites for hydroxylation is 3. The highest BCUT2D eigenvalue weighted by molar-refractivity contribution is 6.10. The Labute approximate surface area is 411 Å². The molecule has 8 N–H and O–H groups in total. The number of rotatable bonds is 19. The Morgan fingerprint density at radius 2 is 1.19 bits per heavy atom. The van der Waals surface area contributed by atoms with E-state index in [2.05, 4.69) is 71.5 Å². The third-order valence-corrected chi connectivity index (χ3v) is 13.3. The van der Waals surface area contributed by atoms with Crippen LogP contribution in [0.4, 0.5) is 28.4 Å². The lowest BCUT2D eigenvalue weighted by molar-refractivity contribution is -0.524. The number of allylic oxidation sites excluding steroid dienone is 1. The number of anilines is 4. The number of aliphatic imine (C=N–C) groups is 1. The standard InChI is InChI=1S/C58H62N10O2/c1-7-67-53-33-45(59)37(3)29-49(53)65-51-31-39(5)47(35-55(51)67)61-25-13-9-11-15-27-63-57(69)43-21-17-41(18-22-43)42-19-23-44(24-20-42)58(70)64-28-16-12-10-14-26-62-48-36-56-52(32-40(48)6)66-50-30-38(4)46(60)34-54(50)68(56)8-2/h1-2,17-24,29-36,55,61H,9-16,25-28,59H2,3-6H3,(H4,60,62,63,64,69,70)/p+1. The third-order valence-electron chi connectivity index (χ3n) is 13.3. The summed E-state index contributed by atoms with van der Waals surface area (Å²) in [5, 5.41) is 13.3. The van der Waals surface area contributed by atoms with E-state index < -0.39 is 0 Å². The second-order valence-corrected chi connectivity index (χ2v) is 18.4. The molecule has 2 aliphatic rings. The Morgan fingerprint density at radius 1 is 0.657 bits per heavy atom. The number of nitrogens with zero attached hydrogens (tertiary/aromatic N) is 4. The monoisotopic (exact) mass is 932 g/mol. The van der Waals surface area contributed by atoms with Crippen LogP contribution >= 0.6 is 0 Å². The summed E-state index contributed by atoms with van der Waals surface area (Å²) in [4.78, 5) is 37.5. The number of aromatic nitrogens is 2. The van der Waals surface area contributed by atoms with Crippen molar-refractivity contribution in [2.45, 2.75) is 85.1 Å². The second-order valence-electron chi connectivity index (χ2n) is 18.4. The van der Waals surface area contributed by atoms with E-state index in [-0.39, 0.29) is 17.9 Å². The number of nitrogens with two attached hydrogens (primary N) is 2. The highest BCUT2D eigenvalue weighted by atomic mass is 16.2. The molecule has 0 radical (unpaired) electrons. The van der Waals surface area contributed by atoms with Gasteiger partial charge in [0.15, 0.2) is 0 Å². The summed E-state index contributed by atoms with van der Waals surface area (Å²) in [6.07, 6.45) is 24.1. The first-order valence-electron chi connectivity index (χ1n) is 24.3. The second kappa shape index (κ2) is 21.9. The SMILES string of the molecule is C#CN1c2cc(N)c(C)cc2N=C2C=C(C)C(NCCCCCCNC(=O)c3ccc(-c4ccc(C(=O)NCCCCCCNc5cc6c(cc5C)nc5cc(C)c(N)cc5[n+]6C#C)cc4)cc3)=CC21. The maximum Gasteiger partial charge on any atom is 0.251 e. The Kier molecular flexibility index (Phi) is 15.1. The molecule has 2 amide bonds. The summed E-state index contributed by atoms with van der Waals surface area (Å²) < 4.78 is 1.82. The van der Waals surface area contributed by atoms with Gasteiger partial charge in [-0.2, -0.15) is 0 Å². The topological polar surface area (TPSA) is 167 Å². The van der Waals surface area contributed by atoms with E-state index in [9.17, 15) is 9.59 Å². The summed E-state index contributed by atoms with van der Waals surface area (Å²) in [7, 11) is 0. The van der Waals surface area contributed by atoms with Gasteiger partial charge in [-0.1, -0.05) is 56.4 Å². The first kappa shape index (κ1) is 48.4. The number of amides is 2. The molecule has 0 saturated heterocycles. The molecule has 0 spiro atoms. The molecule has 2 heterocycles. The maximum atomic E-state index is 12.9. The number of hydrogen-bond acceptors (Lipinski definition) is 9. The molecule has 0 fully saturated rings. The molecular formula is C58H63N10O2+. The lowest BCUT2D eigenvalue weighted by atomic mass is 9.94. The van der Waals surface area contributed by atoms with Crippen molar-refractivity contribution in [2.24, 2.45) is 4.99 Å². The van der Waals surface area contributed by atoms with Crippen molar-refractivity contribution in [2.75, 3.05) is 47.9 Å². The van der Waals surface area contributed by atoms with Gasteiger partial charge in [0.1, 0.15) is 17.1 Å². The molecule has 12 heteroatoms. The van der Waals surface area contributed by atoms with E-state index in [1.165, 1.54) is 0 Å². The van der Waals surface area contributed by atoms with Crippen LogP contribution in [0.3, 0.4) is 0 Å². The number of benzene rings is 5. The Hall–Kier alpha value is -8.09. The van der Waals surface area contributed by atoms with Gasteiger partial charge >= 0.3 is 0 Å². The molecule has 1 aliphatic heterocycles. The van der Waals surface area contributed by atoms with Crippen molar-refractivity contribution in [1.29, 1.82) is 0 Å². The average Bonchev–Trinajstić information content (AvgIpc) is 3.35. The van der Waals surface area contributed by atoms with Crippen LogP contribution in [0.2, 0.25) is 0 Å². The van der Waals surface area contributed by atoms with Crippen molar-refractivity contribution >= 4 is 68.0 Å². The Bertz CT molecular complexity index is 3140. The number of fused-ring (bicyclic) bond motifs is 4. The van der Waals surface area contributed by atoms with Crippen LogP contribution in [0.1, 0.15) is 95.7 Å². The van der Waals surface area contributed by atoms with E-state index in [1.807, 2.05) is 96.1 Å². The predicted molar refractivity (Wildman–Crippen MR) is 287 cm³/mol. The number of nitrogen functional groups attached to an aromatic ring is 2. The van der Waals surface area contributed by atoms with Crippen molar-refractivity contribution < 1.29 is 14.2 Å². The van der Waals surface area contributed by atoms with Crippen LogP contribution in [-0.2, 0) is 0 Å². The van der Waals surface area contributed by atoms with Crippen LogP contribution in [-0.4, -0.2) is 54.7 Å². The summed E-state index contributed by atoms with van der Waals surface area (Å²) in [5.74, 6) is -0.169. The lowest BCUT2D eigenvalue weighted by Gasteiger charge is -2.34. The van der Waals surface area contributed by atoms with E-state index in [4.69, 9.17) is 34.3 Å². The van der Waals surface area contributed by atoms with Gasteiger partial charge in [-0.05, 0) is 154 Å². The van der Waals surface area contributed by atoms with Crippen LogP contribution in [0.25, 0.3) is 33.2 Å². The van der Waals surface area contributed by atoms with E-state index >= 15 is 0 Å². The molecule has 5 aromatic carbocycles. The number of terminal acetylenes is 2. The maximum absolute atomic E-state index is 12.9. The number of carbonyl (C=O) groups excluding carboxylic acids is 2. The van der Waals surface area contributed by atoms with Gasteiger partial charge in [0.2, 0.25) is 17.1 Å². The number of unbranched alkanes of at least 4 members (excludes halogenated alkanes) is 6. The zero-order valence-electron chi connectivity index (χ0n) is 40.7. The summed E-state index contributed by atoms with van der Waals surface area (Å²) in [6.45, 7) is 11.0. The molecule has 8 rings (SSSR count). The van der Waals surface area contributed by atoms with Gasteiger partial charge in [0, 0.05) is 78.2 Å². The van der Waals surface area contributed by atoms with Gasteiger partial charge in [-0.3, -0.25) is 14.5 Å². The first-order valence-corrected chi connectivity index (χ1v) is 24.3. The van der Waals surface area contributed by atoms with Gasteiger partial charge in [0.25, 0.3) is 11.8 Å². The molecule has 0 bridgehead atoms. The minimum Gasteiger partial charge on any atom is -0.398 e. The average molecular weight is 932 g/mol. The summed E-state index contributed by atoms with van der Waals surface area (Å²) in [5.41, 5.74) is 29.2. The predicted octanol–water partition coefficient (Wildman–Crippen LogP) is 9.55. The smallest absolute Gasteiger partial charge is 0.251 e. The third kappa shape index (κ3) is 10.9. The van der Waals surface area contributed by atoms with Crippen molar-refractivity contribution in [3.05, 3.63) is 136 Å². The minimum atomic E-state index is -0.156. The van der Waals surface area contributed by atoms with Crippen LogP contribution in [0.5, 0.6) is 0 Å². The number of nitrogens with one attached hydrogen (secondary N) is 4. The molecule has 0 saturated carbocycles. The Morgan fingerprint density at radius 3 is 1.77 bits per heavy atom. The fourth-order valence-electron chi connectivity index (χ4n) is 9.08. The normalized spacial score (nSPS) is 13.8. The molecule has 6 aromatic rings. The quantitative estimate of drug-likeness (QED) is 0.0154. The van der Waals surface area contributed by atoms with Crippen molar-refractivity contribution in [3.63, 3.8) is 0 Å². The van der Waals surface area contributed by atoms with Gasteiger partial charge < -0.3 is 32.7 Å². The number of carbonyl (C=O) groups is 2. The molecule has 1 atom stereocenters. The molecule has 1 aliphatic carbocycles. The largest absolute Gasteiger partial charge is 0.398 e. The first-order chi connectivity index (χ1) is 33.9. The van der Waals surface area contributed by atoms with E-state index in [0.717, 1.165) is 148 Å². The molecule has 1 aromatic heterocycles. The Balaban J connectivity index is 0.692. The zero-order chi connectivity index (χ0) is 49.3. The molecular weight excluding hydrogens is 869 g/mol. The summed E-state index contributed by atoms with van der Waals surface area (Å²) in [6, 6.07) is 32.6. The zero-order valence-corrected chi connectivity index (χ0v) is 40.7. The van der Waals surface area contributed by atoms with Crippen LogP contribution in [0.15, 0.2) is 113 Å². The van der Waals surface area contributed by atoms with Gasteiger partial charge in [0.05, 0.1) is 17.1 Å². The lowest BCUT2D eigenvalue weighted by Crippen LogP contribution is -2.41. The molecule has 70 heavy (non-hydrogen) atoms. The van der Waals surface area contributed by atoms with Crippen molar-refractivity contribution in [3.8, 4) is 36.1 Å². The van der Waals surface area contributed by atoms with Gasteiger partial charge in [-0.25, -0.2) is 9.98 Å². The van der Waals surface area contributed by atoms with Crippen molar-refractivity contribution in [1.82, 2.24) is 20.9 Å². The minimum absolute atomic E-state index is 0.0839. The van der Waals surface area contributed by atoms with E-state index in [1.54, 1.807) is 0 Å². The fourth-order valence-corrected chi connectivity index (χ4v) is 9.08. The highest BCUT2D eigenvalue weighted by Crippen LogP contribution is 2.40. The van der Waals surface area contributed by atoms with Crippen LogP contribution < -0.4 is 42.2 Å². The van der Waals surface area contributed by atoms with E-state index in [0.29, 0.717) is 35.6 Å². The summed E-state index contributed by atoms with van der Waals surface area (Å²) >= 11 is 0. The molecule has 12 nitrogen and oxygen atoms in total. The highest BCUT2D eigenvalue weighted by Gasteiger charge is 2.31. The van der Waals surface area contributed by atoms with Crippen LogP contribution in [0, 0.1) is 45.7 Å². The molecule has 356 valence electrons. The van der Waals surface area contributed by atoms with Gasteiger partial charge in [-0.15, -0.1) is 4.57 Å².